The van der Waals surface area contributed by atoms with Crippen molar-refractivity contribution in [2.75, 3.05) is 13.2 Å². The Hall–Kier alpha value is -0.727. The normalized spacial score (nSPS) is 20.1. The zero-order valence-electron chi connectivity index (χ0n) is 8.36. The summed E-state index contributed by atoms with van der Waals surface area (Å²) in [5, 5.41) is 0. The van der Waals surface area contributed by atoms with Crippen LogP contribution in [0.1, 0.15) is 6.92 Å². The molecule has 0 bridgehead atoms. The molecule has 0 unspecified atom stereocenters. The first-order valence-corrected chi connectivity index (χ1v) is 4.27. The molecule has 0 spiro atoms. The van der Waals surface area contributed by atoms with Crippen LogP contribution < -0.4 is 0 Å². The summed E-state index contributed by atoms with van der Waals surface area (Å²) in [6.45, 7) is 13.4. The summed E-state index contributed by atoms with van der Waals surface area (Å²) in [6, 6.07) is 0. The fraction of sp³-hybridized carbons (Fsp3) is 0.364. The van der Waals surface area contributed by atoms with E-state index >= 15 is 0 Å². The van der Waals surface area contributed by atoms with Crippen LogP contribution in [0.3, 0.4) is 0 Å². The molecular formula is C11H12O3Rh. The van der Waals surface area contributed by atoms with E-state index in [1.807, 2.05) is 0 Å². The smallest absolute Gasteiger partial charge is 0.512 e. The van der Waals surface area contributed by atoms with E-state index in [9.17, 15) is 4.79 Å². The molecule has 0 amide bonds. The van der Waals surface area contributed by atoms with Crippen molar-refractivity contribution in [2.45, 2.75) is 6.92 Å². The average Bonchev–Trinajstić information content (AvgIpc) is 2.46. The zero-order chi connectivity index (χ0) is 10.6. The fourth-order valence-corrected chi connectivity index (χ4v) is 1.11. The molecule has 1 heterocycles. The van der Waals surface area contributed by atoms with Gasteiger partial charge in [0, 0.05) is 13.5 Å². The fourth-order valence-electron chi connectivity index (χ4n) is 1.11. The van der Waals surface area contributed by atoms with E-state index in [0.717, 1.165) is 5.57 Å². The van der Waals surface area contributed by atoms with Gasteiger partial charge in [-0.3, -0.25) is 4.79 Å². The van der Waals surface area contributed by atoms with Crippen molar-refractivity contribution in [3.63, 3.8) is 0 Å². The predicted octanol–water partition coefficient (Wildman–Crippen LogP) is 1.43. The largest absolute Gasteiger partial charge is 2.00 e. The van der Waals surface area contributed by atoms with Crippen LogP contribution in [-0.2, 0) is 33.7 Å². The molecule has 0 aromatic carbocycles. The minimum absolute atomic E-state index is 0. The van der Waals surface area contributed by atoms with Gasteiger partial charge in [-0.05, 0) is 11.7 Å². The van der Waals surface area contributed by atoms with E-state index in [1.165, 1.54) is 13.0 Å². The first-order chi connectivity index (χ1) is 6.59. The van der Waals surface area contributed by atoms with Crippen LogP contribution in [0, 0.1) is 19.1 Å². The molecule has 15 heavy (non-hydrogen) atoms. The molecule has 1 fully saturated rings. The summed E-state index contributed by atoms with van der Waals surface area (Å²) >= 11 is 0. The van der Waals surface area contributed by atoms with Gasteiger partial charge in [0.25, 0.3) is 0 Å². The maximum Gasteiger partial charge on any atom is 2.00 e. The number of allylic oxidation sites excluding steroid dienone is 1. The van der Waals surface area contributed by atoms with Gasteiger partial charge in [0.2, 0.25) is 0 Å². The minimum Gasteiger partial charge on any atom is -0.512 e. The topological polar surface area (TPSA) is 35.5 Å². The maximum absolute atomic E-state index is 10.5. The molecule has 0 aromatic rings. The minimum atomic E-state index is -0.438. The van der Waals surface area contributed by atoms with Gasteiger partial charge >= 0.3 is 25.4 Å². The summed E-state index contributed by atoms with van der Waals surface area (Å²) in [5.41, 5.74) is 0.761. The molecule has 0 aromatic heterocycles. The second kappa shape index (κ2) is 6.70. The Morgan fingerprint density at radius 1 is 1.67 bits per heavy atom. The van der Waals surface area contributed by atoms with Gasteiger partial charge in [0.1, 0.15) is 0 Å². The van der Waals surface area contributed by atoms with Crippen LogP contribution >= 0.6 is 0 Å². The molecule has 1 aliphatic heterocycles. The number of hydrogen-bond donors (Lipinski definition) is 0. The van der Waals surface area contributed by atoms with E-state index in [0.29, 0.717) is 13.2 Å². The quantitative estimate of drug-likeness (QED) is 0.260. The first kappa shape index (κ1) is 14.3. The van der Waals surface area contributed by atoms with Gasteiger partial charge in [-0.25, -0.2) is 12.2 Å². The van der Waals surface area contributed by atoms with Crippen molar-refractivity contribution in [1.29, 1.82) is 0 Å². The monoisotopic (exact) mass is 295 g/mol. The van der Waals surface area contributed by atoms with E-state index < -0.39 is 5.97 Å². The summed E-state index contributed by atoms with van der Waals surface area (Å²) in [5.74, 6) is -0.312. The molecule has 0 aliphatic carbocycles. The Balaban J connectivity index is 0.00000196. The van der Waals surface area contributed by atoms with Crippen molar-refractivity contribution in [3.05, 3.63) is 36.6 Å². The molecule has 1 saturated heterocycles. The van der Waals surface area contributed by atoms with Crippen LogP contribution in [0.2, 0.25) is 0 Å². The van der Waals surface area contributed by atoms with Gasteiger partial charge < -0.3 is 16.1 Å². The van der Waals surface area contributed by atoms with Crippen molar-refractivity contribution in [3.8, 4) is 0 Å². The van der Waals surface area contributed by atoms with E-state index in [2.05, 4.69) is 4.74 Å². The van der Waals surface area contributed by atoms with Gasteiger partial charge in [-0.2, -0.15) is 12.2 Å². The summed E-state index contributed by atoms with van der Waals surface area (Å²) in [4.78, 5) is 10.5. The van der Waals surface area contributed by atoms with Gasteiger partial charge in [-0.1, -0.05) is 0 Å². The molecule has 0 saturated carbocycles. The number of rotatable bonds is 3. The van der Waals surface area contributed by atoms with Crippen LogP contribution in [0.15, 0.2) is 23.5 Å². The number of carbonyl (C=O) groups excluding carboxylic acids is 1. The average molecular weight is 295 g/mol. The summed E-state index contributed by atoms with van der Waals surface area (Å²) in [7, 11) is 0. The van der Waals surface area contributed by atoms with E-state index in [1.54, 1.807) is 6.08 Å². The van der Waals surface area contributed by atoms with E-state index in [-0.39, 0.29) is 31.2 Å². The zero-order valence-corrected chi connectivity index (χ0v) is 10.00. The molecule has 0 N–H and O–H groups in total. The van der Waals surface area contributed by atoms with Gasteiger partial charge in [0.05, 0.1) is 6.61 Å². The molecule has 1 radical (unpaired) electrons. The first-order valence-electron chi connectivity index (χ1n) is 4.27. The van der Waals surface area contributed by atoms with Crippen molar-refractivity contribution in [1.82, 2.24) is 0 Å². The summed E-state index contributed by atoms with van der Waals surface area (Å²) < 4.78 is 9.73. The molecule has 3 nitrogen and oxygen atoms in total. The molecule has 1 rings (SSSR count). The molecule has 1 atom stereocenters. The van der Waals surface area contributed by atoms with Crippen LogP contribution in [0.5, 0.6) is 0 Å². The maximum atomic E-state index is 10.5. The Bertz CT molecular complexity index is 294. The summed E-state index contributed by atoms with van der Waals surface area (Å²) in [6.07, 6.45) is 3.29. The second-order valence-electron chi connectivity index (χ2n) is 3.05. The van der Waals surface area contributed by atoms with Gasteiger partial charge in [-0.15, -0.1) is 0 Å². The predicted molar refractivity (Wildman–Crippen MR) is 50.8 cm³/mol. The standard InChI is InChI=1S/C11H12O3.Rh/c1-8-6-13-7-11(8)5-4-9(2)14-10(3)12;/h1-2,4-5,11H,6-7H2,3H3;/q-2;+2/b5-4-;/t11-;/m1./s1. The third-order valence-corrected chi connectivity index (χ3v) is 1.80. The van der Waals surface area contributed by atoms with Crippen LogP contribution in [0.25, 0.3) is 0 Å². The Labute approximate surface area is 103 Å². The van der Waals surface area contributed by atoms with Crippen LogP contribution in [-0.4, -0.2) is 19.2 Å². The second-order valence-corrected chi connectivity index (χ2v) is 3.05. The molecule has 83 valence electrons. The van der Waals surface area contributed by atoms with Crippen LogP contribution in [0.4, 0.5) is 0 Å². The van der Waals surface area contributed by atoms with Crippen molar-refractivity contribution in [2.24, 2.45) is 5.92 Å². The molecule has 1 aliphatic rings. The number of ether oxygens (including phenoxy) is 2. The van der Waals surface area contributed by atoms with Crippen molar-refractivity contribution >= 4 is 5.97 Å². The SMILES string of the molecule is [CH-]=C(/C=C\[C@@H]1COCC1=[CH-])OC(C)=O.[Rh+2]. The third kappa shape index (κ3) is 5.05. The number of hydrogen-bond acceptors (Lipinski definition) is 3. The van der Waals surface area contributed by atoms with Crippen molar-refractivity contribution < 1.29 is 33.7 Å². The Morgan fingerprint density at radius 2 is 2.33 bits per heavy atom. The van der Waals surface area contributed by atoms with E-state index in [4.69, 9.17) is 17.9 Å². The number of esters is 1. The third-order valence-electron chi connectivity index (χ3n) is 1.80. The van der Waals surface area contributed by atoms with Gasteiger partial charge in [0.15, 0.2) is 0 Å². The Kier molecular flexibility index (Phi) is 6.38. The molecule has 4 heteroatoms. The Morgan fingerprint density at radius 3 is 2.80 bits per heavy atom. The molecular weight excluding hydrogens is 283 g/mol. The number of carbonyl (C=O) groups is 1.